The number of allylic oxidation sites excluding steroid dienone is 1. The monoisotopic (exact) mass is 262 g/mol. The minimum atomic E-state index is -1.12. The molecule has 1 saturated heterocycles. The van der Waals surface area contributed by atoms with Crippen molar-refractivity contribution in [3.63, 3.8) is 0 Å². The minimum absolute atomic E-state index is 0.0280. The summed E-state index contributed by atoms with van der Waals surface area (Å²) in [4.78, 5) is 11.9. The molecular formula is C15H18O4. The number of aliphatic hydroxyl groups is 1. The van der Waals surface area contributed by atoms with Gasteiger partial charge in [0, 0.05) is 11.0 Å². The predicted octanol–water partition coefficient (Wildman–Crippen LogP) is 2.75. The molecule has 1 fully saturated rings. The van der Waals surface area contributed by atoms with Crippen molar-refractivity contribution in [1.29, 1.82) is 0 Å². The lowest BCUT2D eigenvalue weighted by molar-refractivity contribution is -0.206. The van der Waals surface area contributed by atoms with Gasteiger partial charge in [-0.25, -0.2) is 0 Å². The second-order valence-electron chi connectivity index (χ2n) is 5.81. The standard InChI is InChI=1S/C15H18O4/c1-10-4-3-6-14(2)13(11-5-7-18-9-11)19-12(16)8-15(10,14)17/h4-5,7,9,13,17H,3,6,8H2,1-2H3/t13-,14-,15+/m0/s1. The summed E-state index contributed by atoms with van der Waals surface area (Å²) in [7, 11) is 0. The lowest BCUT2D eigenvalue weighted by Crippen LogP contribution is -2.57. The average Bonchev–Trinajstić information content (AvgIpc) is 2.86. The zero-order chi connectivity index (χ0) is 13.7. The molecule has 19 heavy (non-hydrogen) atoms. The average molecular weight is 262 g/mol. The number of cyclic esters (lactones) is 1. The van der Waals surface area contributed by atoms with E-state index in [1.165, 1.54) is 0 Å². The Labute approximate surface area is 112 Å². The van der Waals surface area contributed by atoms with Gasteiger partial charge in [-0.05, 0) is 31.4 Å². The molecule has 3 rings (SSSR count). The van der Waals surface area contributed by atoms with Crippen LogP contribution in [0.4, 0.5) is 0 Å². The molecule has 1 aliphatic heterocycles. The fourth-order valence-electron chi connectivity index (χ4n) is 3.48. The van der Waals surface area contributed by atoms with Crippen molar-refractivity contribution in [2.75, 3.05) is 0 Å². The Hall–Kier alpha value is -1.55. The normalized spacial score (nSPS) is 38.4. The Morgan fingerprint density at radius 1 is 1.47 bits per heavy atom. The predicted molar refractivity (Wildman–Crippen MR) is 68.2 cm³/mol. The van der Waals surface area contributed by atoms with Gasteiger partial charge < -0.3 is 14.3 Å². The number of carbonyl (C=O) groups is 1. The van der Waals surface area contributed by atoms with E-state index in [2.05, 4.69) is 0 Å². The van der Waals surface area contributed by atoms with Crippen molar-refractivity contribution in [2.45, 2.75) is 44.8 Å². The SMILES string of the molecule is CC1=CCC[C@@]2(C)[C@H](c3ccoc3)OC(=O)C[C@@]12O. The summed E-state index contributed by atoms with van der Waals surface area (Å²) in [6.07, 6.45) is 6.41. The van der Waals surface area contributed by atoms with Crippen LogP contribution >= 0.6 is 0 Å². The maximum atomic E-state index is 11.9. The van der Waals surface area contributed by atoms with E-state index in [4.69, 9.17) is 9.15 Å². The Morgan fingerprint density at radius 2 is 2.26 bits per heavy atom. The first-order chi connectivity index (χ1) is 8.97. The van der Waals surface area contributed by atoms with Crippen LogP contribution < -0.4 is 0 Å². The number of ether oxygens (including phenoxy) is 1. The molecule has 2 aliphatic rings. The highest BCUT2D eigenvalue weighted by molar-refractivity contribution is 5.74. The van der Waals surface area contributed by atoms with Crippen molar-refractivity contribution in [3.8, 4) is 0 Å². The molecule has 1 N–H and O–H groups in total. The van der Waals surface area contributed by atoms with Gasteiger partial charge in [-0.3, -0.25) is 4.79 Å². The molecule has 1 aliphatic carbocycles. The van der Waals surface area contributed by atoms with Crippen molar-refractivity contribution in [1.82, 2.24) is 0 Å². The summed E-state index contributed by atoms with van der Waals surface area (Å²) in [5.41, 5.74) is 0.0432. The molecule has 102 valence electrons. The molecule has 2 heterocycles. The third-order valence-corrected chi connectivity index (χ3v) is 4.79. The number of rotatable bonds is 1. The number of fused-ring (bicyclic) bond motifs is 1. The van der Waals surface area contributed by atoms with Crippen LogP contribution in [0.25, 0.3) is 0 Å². The zero-order valence-electron chi connectivity index (χ0n) is 11.2. The molecular weight excluding hydrogens is 244 g/mol. The van der Waals surface area contributed by atoms with Crippen molar-refractivity contribution in [3.05, 3.63) is 35.8 Å². The lowest BCUT2D eigenvalue weighted by Gasteiger charge is -2.54. The van der Waals surface area contributed by atoms with Crippen molar-refractivity contribution >= 4 is 5.97 Å². The fraction of sp³-hybridized carbons (Fsp3) is 0.533. The number of hydrogen-bond donors (Lipinski definition) is 1. The summed E-state index contributed by atoms with van der Waals surface area (Å²) in [6.45, 7) is 3.88. The third-order valence-electron chi connectivity index (χ3n) is 4.79. The van der Waals surface area contributed by atoms with E-state index in [1.807, 2.05) is 19.9 Å². The first-order valence-corrected chi connectivity index (χ1v) is 6.58. The van der Waals surface area contributed by atoms with Gasteiger partial charge >= 0.3 is 5.97 Å². The number of hydrogen-bond acceptors (Lipinski definition) is 4. The van der Waals surface area contributed by atoms with E-state index in [1.54, 1.807) is 18.6 Å². The van der Waals surface area contributed by atoms with Gasteiger partial charge in [-0.2, -0.15) is 0 Å². The second kappa shape index (κ2) is 3.97. The van der Waals surface area contributed by atoms with E-state index in [0.717, 1.165) is 24.0 Å². The Kier molecular flexibility index (Phi) is 2.61. The highest BCUT2D eigenvalue weighted by Crippen LogP contribution is 2.57. The highest BCUT2D eigenvalue weighted by Gasteiger charge is 2.60. The molecule has 0 spiro atoms. The van der Waals surface area contributed by atoms with Crippen LogP contribution in [0.2, 0.25) is 0 Å². The van der Waals surface area contributed by atoms with Crippen LogP contribution in [0, 0.1) is 5.41 Å². The van der Waals surface area contributed by atoms with Gasteiger partial charge in [0.1, 0.15) is 11.7 Å². The van der Waals surface area contributed by atoms with E-state index in [0.29, 0.717) is 0 Å². The largest absolute Gasteiger partial charge is 0.472 e. The Balaban J connectivity index is 2.12. The third kappa shape index (κ3) is 1.59. The van der Waals surface area contributed by atoms with Gasteiger partial charge in [0.2, 0.25) is 0 Å². The minimum Gasteiger partial charge on any atom is -0.472 e. The lowest BCUT2D eigenvalue weighted by atomic mass is 9.58. The van der Waals surface area contributed by atoms with Gasteiger partial charge in [0.15, 0.2) is 0 Å². The van der Waals surface area contributed by atoms with Crippen molar-refractivity contribution < 1.29 is 19.1 Å². The number of furan rings is 1. The fourth-order valence-corrected chi connectivity index (χ4v) is 3.48. The first kappa shape index (κ1) is 12.5. The summed E-state index contributed by atoms with van der Waals surface area (Å²) < 4.78 is 10.6. The maximum Gasteiger partial charge on any atom is 0.309 e. The van der Waals surface area contributed by atoms with Gasteiger partial charge in [0.25, 0.3) is 0 Å². The first-order valence-electron chi connectivity index (χ1n) is 6.58. The summed E-state index contributed by atoms with van der Waals surface area (Å²) in [5, 5.41) is 11.1. The molecule has 0 bridgehead atoms. The zero-order valence-corrected chi connectivity index (χ0v) is 11.2. The van der Waals surface area contributed by atoms with Crippen LogP contribution in [-0.4, -0.2) is 16.7 Å². The van der Waals surface area contributed by atoms with Crippen LogP contribution in [0.15, 0.2) is 34.7 Å². The van der Waals surface area contributed by atoms with Gasteiger partial charge in [-0.15, -0.1) is 0 Å². The molecule has 0 unspecified atom stereocenters. The molecule has 1 aromatic rings. The Morgan fingerprint density at radius 3 is 2.95 bits per heavy atom. The molecule has 0 radical (unpaired) electrons. The topological polar surface area (TPSA) is 59.7 Å². The summed E-state index contributed by atoms with van der Waals surface area (Å²) >= 11 is 0. The van der Waals surface area contributed by atoms with Crippen LogP contribution in [0.1, 0.15) is 44.8 Å². The van der Waals surface area contributed by atoms with Crippen LogP contribution in [0.3, 0.4) is 0 Å². The quantitative estimate of drug-likeness (QED) is 0.624. The van der Waals surface area contributed by atoms with Crippen molar-refractivity contribution in [2.24, 2.45) is 5.41 Å². The maximum absolute atomic E-state index is 11.9. The molecule has 0 saturated carbocycles. The Bertz CT molecular complexity index is 530. The summed E-state index contributed by atoms with van der Waals surface area (Å²) in [6, 6.07) is 1.79. The highest BCUT2D eigenvalue weighted by atomic mass is 16.6. The molecule has 0 aromatic carbocycles. The van der Waals surface area contributed by atoms with Gasteiger partial charge in [0.05, 0.1) is 18.9 Å². The number of carbonyl (C=O) groups excluding carboxylic acids is 1. The molecule has 4 heteroatoms. The number of esters is 1. The molecule has 4 nitrogen and oxygen atoms in total. The molecule has 0 amide bonds. The molecule has 1 aromatic heterocycles. The second-order valence-corrected chi connectivity index (χ2v) is 5.81. The smallest absolute Gasteiger partial charge is 0.309 e. The summed E-state index contributed by atoms with van der Waals surface area (Å²) in [5.74, 6) is -0.360. The van der Waals surface area contributed by atoms with E-state index < -0.39 is 17.1 Å². The van der Waals surface area contributed by atoms with Gasteiger partial charge in [-0.1, -0.05) is 13.0 Å². The van der Waals surface area contributed by atoms with E-state index >= 15 is 0 Å². The van der Waals surface area contributed by atoms with E-state index in [-0.39, 0.29) is 12.4 Å². The van der Waals surface area contributed by atoms with Crippen LogP contribution in [0.5, 0.6) is 0 Å². The van der Waals surface area contributed by atoms with Crippen LogP contribution in [-0.2, 0) is 9.53 Å². The molecule has 3 atom stereocenters. The van der Waals surface area contributed by atoms with E-state index in [9.17, 15) is 9.90 Å².